The number of phenolic OH excluding ortho intramolecular Hbond substituents is 2. The maximum Gasteiger partial charge on any atom is 0.164 e. The van der Waals surface area contributed by atoms with Crippen LogP contribution in [0.3, 0.4) is 0 Å². The van der Waals surface area contributed by atoms with Gasteiger partial charge in [0.1, 0.15) is 11.5 Å². The molecule has 2 unspecified atom stereocenters. The highest BCUT2D eigenvalue weighted by Gasteiger charge is 2.13. The van der Waals surface area contributed by atoms with E-state index in [1.165, 1.54) is 0 Å². The summed E-state index contributed by atoms with van der Waals surface area (Å²) in [6.45, 7) is 0. The fourth-order valence-corrected chi connectivity index (χ4v) is 5.31. The molecule has 0 fully saturated rings. The summed E-state index contributed by atoms with van der Waals surface area (Å²) in [5.41, 5.74) is 4.83. The third kappa shape index (κ3) is 8.54. The van der Waals surface area contributed by atoms with Crippen LogP contribution in [0.2, 0.25) is 0 Å². The molecule has 3 aromatic carbocycles. The molecule has 0 bridgehead atoms. The maximum absolute atomic E-state index is 10.8. The molecule has 246 valence electrons. The summed E-state index contributed by atoms with van der Waals surface area (Å²) in [5, 5.41) is 42.2. The van der Waals surface area contributed by atoms with Crippen LogP contribution in [0, 0.1) is 0 Å². The van der Waals surface area contributed by atoms with Crippen LogP contribution in [0.5, 0.6) is 11.5 Å². The van der Waals surface area contributed by atoms with Gasteiger partial charge >= 0.3 is 0 Å². The number of hydrogen-bond acceptors (Lipinski definition) is 7. The molecule has 1 heterocycles. The minimum atomic E-state index is -0.818. The molecule has 0 saturated heterocycles. The Hall–Kier alpha value is -6.41. The summed E-state index contributed by atoms with van der Waals surface area (Å²) in [7, 11) is 0. The number of nitrogens with zero attached hydrogens (tertiary/aromatic N) is 3. The Morgan fingerprint density at radius 2 is 0.940 bits per heavy atom. The highest BCUT2D eigenvalue weighted by molar-refractivity contribution is 5.67. The third-order valence-electron chi connectivity index (χ3n) is 7.95. The van der Waals surface area contributed by atoms with E-state index in [1.807, 2.05) is 91.1 Å². The number of aliphatic hydroxyl groups excluding tert-OH is 2. The van der Waals surface area contributed by atoms with Crippen molar-refractivity contribution in [2.24, 2.45) is 0 Å². The largest absolute Gasteiger partial charge is 0.507 e. The van der Waals surface area contributed by atoms with Crippen molar-refractivity contribution in [2.75, 3.05) is 0 Å². The zero-order chi connectivity index (χ0) is 34.7. The molecule has 7 nitrogen and oxygen atoms in total. The fraction of sp³-hybridized carbons (Fsp3) is 0.0465. The molecule has 2 aliphatic rings. The molecule has 7 heteroatoms. The maximum atomic E-state index is 10.8. The first-order valence-corrected chi connectivity index (χ1v) is 16.1. The molecule has 0 spiro atoms. The van der Waals surface area contributed by atoms with Crippen molar-refractivity contribution in [1.82, 2.24) is 15.0 Å². The molecule has 0 radical (unpaired) electrons. The molecule has 50 heavy (non-hydrogen) atoms. The molecule has 0 aliphatic heterocycles. The van der Waals surface area contributed by atoms with Gasteiger partial charge in [-0.3, -0.25) is 0 Å². The lowest BCUT2D eigenvalue weighted by atomic mass is 9.97. The van der Waals surface area contributed by atoms with Crippen LogP contribution in [-0.4, -0.2) is 47.6 Å². The molecule has 4 aromatic rings. The van der Waals surface area contributed by atoms with Gasteiger partial charge in [-0.2, -0.15) is 0 Å². The average Bonchev–Trinajstić information content (AvgIpc) is 3.14. The number of aliphatic hydroxyl groups is 2. The number of rotatable bonds is 9. The predicted octanol–water partition coefficient (Wildman–Crippen LogP) is 7.97. The van der Waals surface area contributed by atoms with Gasteiger partial charge in [0.05, 0.1) is 12.2 Å². The smallest absolute Gasteiger partial charge is 0.164 e. The number of para-hydroxylation sites is 2. The van der Waals surface area contributed by atoms with E-state index in [4.69, 9.17) is 15.0 Å². The van der Waals surface area contributed by atoms with Crippen molar-refractivity contribution >= 4 is 24.3 Å². The Kier molecular flexibility index (Phi) is 10.8. The van der Waals surface area contributed by atoms with Crippen LogP contribution in [0.25, 0.3) is 35.7 Å². The Labute approximate surface area is 291 Å². The second-order valence-electron chi connectivity index (χ2n) is 11.4. The van der Waals surface area contributed by atoms with Gasteiger partial charge in [-0.1, -0.05) is 152 Å². The Morgan fingerprint density at radius 1 is 0.500 bits per heavy atom. The zero-order valence-electron chi connectivity index (χ0n) is 27.0. The van der Waals surface area contributed by atoms with Crippen LogP contribution in [0.1, 0.15) is 22.8 Å². The first-order chi connectivity index (χ1) is 24.4. The van der Waals surface area contributed by atoms with Gasteiger partial charge in [0.15, 0.2) is 17.5 Å². The quantitative estimate of drug-likeness (QED) is 0.144. The zero-order valence-corrected chi connectivity index (χ0v) is 27.0. The summed E-state index contributed by atoms with van der Waals surface area (Å²) in [5.74, 6) is 1.54. The molecule has 2 atom stereocenters. The molecule has 0 amide bonds. The van der Waals surface area contributed by atoms with Gasteiger partial charge in [0.2, 0.25) is 0 Å². The van der Waals surface area contributed by atoms with Crippen molar-refractivity contribution in [3.63, 3.8) is 0 Å². The van der Waals surface area contributed by atoms with Crippen LogP contribution >= 0.6 is 0 Å². The number of benzene rings is 3. The molecular formula is C43H35N3O4. The summed E-state index contributed by atoms with van der Waals surface area (Å²) in [4.78, 5) is 14.2. The van der Waals surface area contributed by atoms with Gasteiger partial charge in [-0.25, -0.2) is 15.0 Å². The van der Waals surface area contributed by atoms with Gasteiger partial charge in [-0.15, -0.1) is 0 Å². The number of phenols is 2. The standard InChI is InChI=1S/C43H35N3O4/c47-37-18-8-4-12-32(37)24-22-30(35-16-6-10-20-39(35)49)26-28-41-44-42(46-43(45-41)34-14-2-1-3-15-34)29-27-31(36-17-7-11-21-40(36)50)23-25-33-13-5-9-19-38(33)48/h1-29,39-40,47-50H. The number of hydrogen-bond donors (Lipinski definition) is 4. The highest BCUT2D eigenvalue weighted by atomic mass is 16.3. The van der Waals surface area contributed by atoms with Crippen LogP contribution < -0.4 is 0 Å². The van der Waals surface area contributed by atoms with Gasteiger partial charge < -0.3 is 20.4 Å². The van der Waals surface area contributed by atoms with Crippen molar-refractivity contribution in [3.05, 3.63) is 197 Å². The van der Waals surface area contributed by atoms with Crippen molar-refractivity contribution in [1.29, 1.82) is 0 Å². The topological polar surface area (TPSA) is 120 Å². The summed E-state index contributed by atoms with van der Waals surface area (Å²) in [6.07, 6.45) is 27.2. The van der Waals surface area contributed by atoms with Crippen molar-refractivity contribution in [3.8, 4) is 22.9 Å². The molecule has 4 N–H and O–H groups in total. The van der Waals surface area contributed by atoms with Gasteiger partial charge in [0, 0.05) is 16.7 Å². The highest BCUT2D eigenvalue weighted by Crippen LogP contribution is 2.25. The SMILES string of the molecule is Oc1ccccc1C=CC(C=Cc1nc(C=CC(C=Cc2ccccc2O)=C2C=CC=CC2O)nc(-c2ccccc2)n1)=C1C=CC=CC1O. The average molecular weight is 658 g/mol. The molecule has 2 aliphatic carbocycles. The Balaban J connectivity index is 1.41. The van der Waals surface area contributed by atoms with Gasteiger partial charge in [-0.05, 0) is 46.6 Å². The van der Waals surface area contributed by atoms with Crippen molar-refractivity contribution < 1.29 is 20.4 Å². The van der Waals surface area contributed by atoms with E-state index in [1.54, 1.807) is 85.0 Å². The third-order valence-corrected chi connectivity index (χ3v) is 7.95. The molecule has 1 aromatic heterocycles. The monoisotopic (exact) mass is 657 g/mol. The fourth-order valence-electron chi connectivity index (χ4n) is 5.31. The van der Waals surface area contributed by atoms with Crippen LogP contribution in [0.15, 0.2) is 174 Å². The lowest BCUT2D eigenvalue weighted by Gasteiger charge is -2.13. The second kappa shape index (κ2) is 16.1. The van der Waals surface area contributed by atoms with E-state index in [2.05, 4.69) is 0 Å². The van der Waals surface area contributed by atoms with E-state index >= 15 is 0 Å². The molecule has 6 rings (SSSR count). The summed E-state index contributed by atoms with van der Waals surface area (Å²) in [6, 6.07) is 23.7. The lowest BCUT2D eigenvalue weighted by molar-refractivity contribution is 0.261. The predicted molar refractivity (Wildman–Crippen MR) is 200 cm³/mol. The summed E-state index contributed by atoms with van der Waals surface area (Å²) < 4.78 is 0. The van der Waals surface area contributed by atoms with Gasteiger partial charge in [0.25, 0.3) is 0 Å². The second-order valence-corrected chi connectivity index (χ2v) is 11.4. The Morgan fingerprint density at radius 3 is 1.40 bits per heavy atom. The van der Waals surface area contributed by atoms with Crippen LogP contribution in [-0.2, 0) is 0 Å². The van der Waals surface area contributed by atoms with E-state index in [0.717, 1.165) is 5.56 Å². The summed E-state index contributed by atoms with van der Waals surface area (Å²) >= 11 is 0. The van der Waals surface area contributed by atoms with E-state index in [-0.39, 0.29) is 11.5 Å². The Bertz CT molecular complexity index is 2030. The van der Waals surface area contributed by atoms with E-state index in [9.17, 15) is 20.4 Å². The first kappa shape index (κ1) is 33.5. The number of aromatic nitrogens is 3. The number of allylic oxidation sites excluding steroid dienone is 10. The molecular weight excluding hydrogens is 622 g/mol. The number of aromatic hydroxyl groups is 2. The first-order valence-electron chi connectivity index (χ1n) is 16.1. The van der Waals surface area contributed by atoms with Crippen LogP contribution in [0.4, 0.5) is 0 Å². The lowest BCUT2D eigenvalue weighted by Crippen LogP contribution is -2.09. The minimum absolute atomic E-state index is 0.148. The molecule has 0 saturated carbocycles. The van der Waals surface area contributed by atoms with Crippen molar-refractivity contribution in [2.45, 2.75) is 12.2 Å². The normalized spacial score (nSPS) is 19.4. The minimum Gasteiger partial charge on any atom is -0.507 e. The van der Waals surface area contributed by atoms with E-state index < -0.39 is 12.2 Å². The van der Waals surface area contributed by atoms with E-state index in [0.29, 0.717) is 50.9 Å².